The molecule has 44 heteroatoms. The maximum atomic E-state index is 11.6. The average molecular weight is 1820 g/mol. The molecule has 4 aliphatic rings. The molecule has 0 aliphatic carbocycles. The molecular formula is C84H102B5ClF3N7O27S. The van der Waals surface area contributed by atoms with E-state index >= 15 is 0 Å². The van der Waals surface area contributed by atoms with Gasteiger partial charge in [0.2, 0.25) is 0 Å². The molecule has 34 nitrogen and oxygen atoms in total. The number of phenols is 2. The Morgan fingerprint density at radius 3 is 1.05 bits per heavy atom. The topological polar surface area (TPSA) is 458 Å². The second kappa shape index (κ2) is 43.4. The molecule has 16 rings (SSSR count). The molecule has 0 radical (unpaired) electrons. The Morgan fingerprint density at radius 2 is 0.711 bits per heavy atom. The molecule has 6 aromatic carbocycles. The lowest BCUT2D eigenvalue weighted by molar-refractivity contribution is -0.441. The third kappa shape index (κ3) is 26.0. The molecule has 0 amide bonds. The molecule has 0 bridgehead atoms. The number of carbonyl (C=O) groups is 6. The molecule has 4 saturated heterocycles. The van der Waals surface area contributed by atoms with Crippen LogP contribution in [-0.2, 0) is 70.1 Å². The van der Waals surface area contributed by atoms with Crippen LogP contribution in [0.25, 0.3) is 65.4 Å². The standard InChI is InChI=1S/C16H20BNO4.C14H17BN2O4.C12H24B2O4.C11H8F3NO5S.C10H10BNO4.C10H9NO3.C9H7NO3.CH3Cl.CH4/c1-15(2)16(3,4)22-17(21-15)11-6-7-12-10(8-11)9-13(18-12)14(19)20-5;1-19-14(18)13-9-10-8-11(2-3-12(10)17-13)15-20-6-4-16-5-7-21-15;1-9(2)10(3,4)16-13(15-9)14-17-11(5,6)12(7,8)18-14;1-17-10(16)9-5-6-4-7(2-3-8(6)15-9)18-21-20-19-11(12,13)14;1-16-10(13)9-5-6-4-7(11(14)15)2-3-8(6)12-9;1-14-10(13)9-5-6-4-7(12)2-3-8(6)11-9;11-6-1-2-7-5(3-6)4-8(10-7)9(12)13;1-2;/h6-9,18H,1-5H3;2-3,8-9,16-17H,4-7H2,1H3;1-8H3;2-5,15H,1H3;2-5,12,14-15H,1H3;2-5,11-12H,1H3;1-4,10-11H,(H,12,13);1H3;1H4. The van der Waals surface area contributed by atoms with Crippen LogP contribution in [0.2, 0.25) is 0 Å². The van der Waals surface area contributed by atoms with Crippen molar-refractivity contribution in [3.8, 4) is 17.2 Å². The number of aromatic carboxylic acids is 1. The highest BCUT2D eigenvalue weighted by molar-refractivity contribution is 7.90. The number of carboxylic acids is 1. The van der Waals surface area contributed by atoms with Gasteiger partial charge in [0.25, 0.3) is 12.3 Å². The summed E-state index contributed by atoms with van der Waals surface area (Å²) in [6.07, 6.45) is -3.43. The van der Waals surface area contributed by atoms with E-state index in [-0.39, 0.29) is 101 Å². The van der Waals surface area contributed by atoms with Gasteiger partial charge < -0.3 is 126 Å². The molecule has 12 aromatic rings. The second-order valence-electron chi connectivity index (χ2n) is 31.5. The van der Waals surface area contributed by atoms with E-state index in [1.54, 1.807) is 72.8 Å². The van der Waals surface area contributed by atoms with Crippen LogP contribution in [0.4, 0.5) is 13.2 Å². The zero-order chi connectivity index (χ0) is 93.5. The number of nitrogens with one attached hydrogen (secondary N) is 7. The number of halogens is 4. The van der Waals surface area contributed by atoms with E-state index in [9.17, 15) is 47.0 Å². The van der Waals surface area contributed by atoms with Crippen molar-refractivity contribution >= 4 is 177 Å². The van der Waals surface area contributed by atoms with Crippen molar-refractivity contribution in [2.45, 2.75) is 130 Å². The van der Waals surface area contributed by atoms with Gasteiger partial charge in [-0.25, -0.2) is 28.8 Å². The molecule has 0 spiro atoms. The van der Waals surface area contributed by atoms with Crippen LogP contribution >= 0.6 is 23.9 Å². The first-order chi connectivity index (χ1) is 59.8. The summed E-state index contributed by atoms with van der Waals surface area (Å²) in [4.78, 5) is 87.9. The van der Waals surface area contributed by atoms with E-state index in [4.69, 9.17) is 71.2 Å². The lowest BCUT2D eigenvalue weighted by atomic mass is 9.49. The molecule has 0 atom stereocenters. The molecule has 10 heterocycles. The molecule has 4 aliphatic heterocycles. The Hall–Kier alpha value is -11.0. The maximum absolute atomic E-state index is 11.6. The van der Waals surface area contributed by atoms with Crippen molar-refractivity contribution in [1.82, 2.24) is 35.2 Å². The van der Waals surface area contributed by atoms with Gasteiger partial charge in [0.1, 0.15) is 51.4 Å². The molecular weight excluding hydrogens is 1720 g/mol. The third-order valence-electron chi connectivity index (χ3n) is 21.2. The van der Waals surface area contributed by atoms with Crippen LogP contribution in [0.5, 0.6) is 17.2 Å². The number of H-pyrrole nitrogens is 6. The first kappa shape index (κ1) is 102. The molecule has 12 N–H and O–H groups in total. The van der Waals surface area contributed by atoms with Gasteiger partial charge in [-0.3, -0.25) is 0 Å². The molecule has 684 valence electrons. The van der Waals surface area contributed by atoms with E-state index < -0.39 is 58.5 Å². The number of fused-ring (bicyclic) bond motifs is 6. The minimum absolute atomic E-state index is 0. The van der Waals surface area contributed by atoms with Crippen LogP contribution in [0, 0.1) is 0 Å². The quantitative estimate of drug-likeness (QED) is 0.00703. The number of hydrogen-bond acceptors (Lipinski definition) is 28. The van der Waals surface area contributed by atoms with Gasteiger partial charge in [0.15, 0.2) is 0 Å². The van der Waals surface area contributed by atoms with Gasteiger partial charge in [-0.1, -0.05) is 43.8 Å². The van der Waals surface area contributed by atoms with E-state index in [2.05, 4.69) is 70.3 Å². The number of aromatic hydroxyl groups is 2. The lowest BCUT2D eigenvalue weighted by Gasteiger charge is -2.32. The fourth-order valence-corrected chi connectivity index (χ4v) is 12.8. The third-order valence-corrected chi connectivity index (χ3v) is 21.6. The number of aromatic nitrogens is 6. The van der Waals surface area contributed by atoms with E-state index in [0.717, 1.165) is 67.6 Å². The second-order valence-corrected chi connectivity index (χ2v) is 31.9. The first-order valence-electron chi connectivity index (χ1n) is 39.1. The predicted octanol–water partition coefficient (Wildman–Crippen LogP) is 12.5. The summed E-state index contributed by atoms with van der Waals surface area (Å²) in [5.41, 5.74) is 6.66. The molecule has 128 heavy (non-hydrogen) atoms. The Labute approximate surface area is 745 Å². The fourth-order valence-electron chi connectivity index (χ4n) is 12.5. The summed E-state index contributed by atoms with van der Waals surface area (Å²) < 4.78 is 114. The number of ether oxygens (including phenoxy) is 5. The Kier molecular flexibility index (Phi) is 34.7. The van der Waals surface area contributed by atoms with Crippen molar-refractivity contribution in [2.75, 3.05) is 68.2 Å². The number of methoxy groups -OCH3 is 5. The van der Waals surface area contributed by atoms with E-state index in [1.807, 2.05) is 119 Å². The number of aromatic amines is 6. The van der Waals surface area contributed by atoms with Gasteiger partial charge >= 0.3 is 77.6 Å². The van der Waals surface area contributed by atoms with Crippen molar-refractivity contribution in [3.05, 3.63) is 180 Å². The summed E-state index contributed by atoms with van der Waals surface area (Å²) in [7, 11) is 3.36. The van der Waals surface area contributed by atoms with Crippen molar-refractivity contribution in [3.63, 3.8) is 0 Å². The predicted molar refractivity (Wildman–Crippen MR) is 480 cm³/mol. The fraction of sp³-hybridized carbons (Fsp3) is 0.357. The zero-order valence-electron chi connectivity index (χ0n) is 72.7. The number of carboxylic acid groups (broad SMARTS) is 1. The summed E-state index contributed by atoms with van der Waals surface area (Å²) >= 11 is 4.65. The smallest absolute Gasteiger partial charge is 0.508 e. The zero-order valence-corrected chi connectivity index (χ0v) is 74.3. The number of hydrogen-bond donors (Lipinski definition) is 12. The number of rotatable bonds is 14. The van der Waals surface area contributed by atoms with Crippen LogP contribution in [0.15, 0.2) is 146 Å². The highest BCUT2D eigenvalue weighted by Gasteiger charge is 2.64. The Morgan fingerprint density at radius 1 is 0.414 bits per heavy atom. The largest absolute Gasteiger partial charge is 0.550 e. The van der Waals surface area contributed by atoms with Crippen molar-refractivity contribution in [2.24, 2.45) is 0 Å². The SMILES string of the molecule is C.CC1(C)OB(B2OC(C)(C)C(C)(C)O2)OC1(C)C.CCl.COC(=O)c1cc2cc(B(O)O)ccc2[nH]1.COC(=O)c1cc2cc(B3OC(C)(C)C(C)(C)O3)ccc2[nH]1.COC(=O)c1cc2cc(B3OCCNCCO3)ccc2[nH]1.COC(=O)c1cc2cc(O)ccc2[nH]1.COC(=O)c1cc2cc(OSOOC(F)(F)F)ccc2[nH]1.O=C(O)c1cc2cc(O)ccc2[nH]1. The van der Waals surface area contributed by atoms with E-state index in [0.29, 0.717) is 63.3 Å². The monoisotopic (exact) mass is 1820 g/mol. The van der Waals surface area contributed by atoms with Gasteiger partial charge in [-0.2, -0.15) is 0 Å². The van der Waals surface area contributed by atoms with Crippen molar-refractivity contribution in [1.29, 1.82) is 0 Å². The highest BCUT2D eigenvalue weighted by Crippen LogP contribution is 2.44. The summed E-state index contributed by atoms with van der Waals surface area (Å²) in [5.74, 6) is -2.65. The number of carbonyl (C=O) groups excluding carboxylic acids is 5. The van der Waals surface area contributed by atoms with E-state index in [1.165, 1.54) is 78.3 Å². The molecule has 6 aromatic heterocycles. The number of esters is 5. The minimum Gasteiger partial charge on any atom is -0.508 e. The van der Waals surface area contributed by atoms with Gasteiger partial charge in [0, 0.05) is 81.9 Å². The van der Waals surface area contributed by atoms with Crippen LogP contribution in [0.1, 0.15) is 153 Å². The highest BCUT2D eigenvalue weighted by atomic mass is 35.5. The molecule has 0 saturated carbocycles. The van der Waals surface area contributed by atoms with Crippen LogP contribution in [-0.4, -0.2) is 235 Å². The van der Waals surface area contributed by atoms with Gasteiger partial charge in [-0.05, 0) is 225 Å². The summed E-state index contributed by atoms with van der Waals surface area (Å²) in [5, 5.41) is 52.9. The average Bonchev–Trinajstić information content (AvgIpc) is 1.59. The molecule has 4 fully saturated rings. The summed E-state index contributed by atoms with van der Waals surface area (Å²) in [6.45, 7) is 27.1. The Balaban J connectivity index is 0.000000185. The first-order valence-corrected chi connectivity index (χ1v) is 40.5. The van der Waals surface area contributed by atoms with Gasteiger partial charge in [-0.15, -0.1) is 34.0 Å². The number of benzene rings is 6. The number of phenolic OH excluding ortho intramolecular Hbond substituents is 2. The Bertz CT molecular complexity index is 5750. The van der Waals surface area contributed by atoms with Crippen molar-refractivity contribution < 1.29 is 142 Å². The van der Waals surface area contributed by atoms with Gasteiger partial charge in [0.05, 0.1) is 69.2 Å². The lowest BCUT2D eigenvalue weighted by Crippen LogP contribution is -2.43. The number of alkyl halides is 4. The molecule has 0 unspecified atom stereocenters. The minimum atomic E-state index is -4.91. The maximum Gasteiger partial charge on any atom is 0.550 e. The van der Waals surface area contributed by atoms with Crippen LogP contribution in [0.3, 0.4) is 0 Å². The van der Waals surface area contributed by atoms with Crippen LogP contribution < -0.4 is 25.9 Å². The summed E-state index contributed by atoms with van der Waals surface area (Å²) in [6, 6.07) is 40.4. The normalized spacial score (nSPS) is 16.0.